The first kappa shape index (κ1) is 18.3. The summed E-state index contributed by atoms with van der Waals surface area (Å²) >= 11 is 0. The average molecular weight is 343 g/mol. The number of rotatable bonds is 7. The SMILES string of the molecule is CCOc1cc(CNC(=O)c2cc(C)cc(C(=O)O)c2)ccc1OC. The van der Waals surface area contributed by atoms with Crippen LogP contribution in [0.4, 0.5) is 0 Å². The first-order valence-corrected chi connectivity index (χ1v) is 7.87. The Labute approximate surface area is 146 Å². The van der Waals surface area contributed by atoms with Crippen LogP contribution in [0.5, 0.6) is 11.5 Å². The van der Waals surface area contributed by atoms with Crippen molar-refractivity contribution in [2.45, 2.75) is 20.4 Å². The van der Waals surface area contributed by atoms with E-state index in [9.17, 15) is 9.59 Å². The molecule has 0 saturated heterocycles. The highest BCUT2D eigenvalue weighted by atomic mass is 16.5. The number of carbonyl (C=O) groups excluding carboxylic acids is 1. The van der Waals surface area contributed by atoms with Gasteiger partial charge in [0, 0.05) is 12.1 Å². The highest BCUT2D eigenvalue weighted by Gasteiger charge is 2.12. The highest BCUT2D eigenvalue weighted by molar-refractivity contribution is 5.97. The molecule has 0 atom stereocenters. The van der Waals surface area contributed by atoms with E-state index in [1.54, 1.807) is 26.2 Å². The Bertz CT molecular complexity index is 785. The zero-order chi connectivity index (χ0) is 18.4. The van der Waals surface area contributed by atoms with Gasteiger partial charge in [0.25, 0.3) is 5.91 Å². The van der Waals surface area contributed by atoms with Gasteiger partial charge in [0.2, 0.25) is 0 Å². The molecule has 6 heteroatoms. The van der Waals surface area contributed by atoms with Crippen molar-refractivity contribution in [3.8, 4) is 11.5 Å². The molecule has 2 rings (SSSR count). The van der Waals surface area contributed by atoms with Gasteiger partial charge >= 0.3 is 5.97 Å². The smallest absolute Gasteiger partial charge is 0.335 e. The fourth-order valence-electron chi connectivity index (χ4n) is 2.42. The molecule has 132 valence electrons. The Morgan fingerprint density at radius 2 is 1.80 bits per heavy atom. The maximum absolute atomic E-state index is 12.3. The maximum Gasteiger partial charge on any atom is 0.335 e. The van der Waals surface area contributed by atoms with Gasteiger partial charge in [-0.2, -0.15) is 0 Å². The molecule has 2 aromatic carbocycles. The molecular formula is C19H21NO5. The zero-order valence-electron chi connectivity index (χ0n) is 14.5. The molecule has 0 fully saturated rings. The van der Waals surface area contributed by atoms with Gasteiger partial charge < -0.3 is 19.9 Å². The number of amides is 1. The summed E-state index contributed by atoms with van der Waals surface area (Å²) in [7, 11) is 1.57. The Hall–Kier alpha value is -3.02. The van der Waals surface area contributed by atoms with Crippen LogP contribution in [0.1, 0.15) is 38.8 Å². The number of hydrogen-bond acceptors (Lipinski definition) is 4. The summed E-state index contributed by atoms with van der Waals surface area (Å²) in [5.41, 5.74) is 1.97. The maximum atomic E-state index is 12.3. The van der Waals surface area contributed by atoms with E-state index in [4.69, 9.17) is 14.6 Å². The standard InChI is InChI=1S/C19H21NO5/c1-4-25-17-9-13(5-6-16(17)24-3)11-20-18(21)14-7-12(2)8-15(10-14)19(22)23/h5-10H,4,11H2,1-3H3,(H,20,21)(H,22,23). The number of aromatic carboxylic acids is 1. The van der Waals surface area contributed by atoms with Crippen LogP contribution < -0.4 is 14.8 Å². The van der Waals surface area contributed by atoms with Gasteiger partial charge in [0.05, 0.1) is 19.3 Å². The lowest BCUT2D eigenvalue weighted by Gasteiger charge is -2.12. The van der Waals surface area contributed by atoms with Crippen molar-refractivity contribution < 1.29 is 24.2 Å². The summed E-state index contributed by atoms with van der Waals surface area (Å²) in [6.45, 7) is 4.43. The number of carboxylic acids is 1. The van der Waals surface area contributed by atoms with Crippen LogP contribution in [0.3, 0.4) is 0 Å². The summed E-state index contributed by atoms with van der Waals surface area (Å²) in [5, 5.41) is 11.9. The fourth-order valence-corrected chi connectivity index (χ4v) is 2.42. The van der Waals surface area contributed by atoms with Crippen LogP contribution in [0.15, 0.2) is 36.4 Å². The van der Waals surface area contributed by atoms with Crippen molar-refractivity contribution in [1.29, 1.82) is 0 Å². The lowest BCUT2D eigenvalue weighted by Crippen LogP contribution is -2.23. The predicted molar refractivity (Wildman–Crippen MR) is 93.5 cm³/mol. The van der Waals surface area contributed by atoms with Gasteiger partial charge in [0.1, 0.15) is 0 Å². The average Bonchev–Trinajstić information content (AvgIpc) is 2.59. The molecule has 2 N–H and O–H groups in total. The minimum absolute atomic E-state index is 0.0910. The molecule has 25 heavy (non-hydrogen) atoms. The number of benzene rings is 2. The second-order valence-corrected chi connectivity index (χ2v) is 5.49. The third-order valence-electron chi connectivity index (χ3n) is 3.57. The van der Waals surface area contributed by atoms with Crippen LogP contribution in [0.2, 0.25) is 0 Å². The molecule has 0 bridgehead atoms. The molecule has 0 unspecified atom stereocenters. The van der Waals surface area contributed by atoms with Crippen LogP contribution in [0, 0.1) is 6.92 Å². The molecule has 0 aliphatic heterocycles. The minimum Gasteiger partial charge on any atom is -0.493 e. The molecule has 0 spiro atoms. The van der Waals surface area contributed by atoms with Crippen molar-refractivity contribution in [2.75, 3.05) is 13.7 Å². The number of hydrogen-bond donors (Lipinski definition) is 2. The molecule has 0 radical (unpaired) electrons. The van der Waals surface area contributed by atoms with Crippen molar-refractivity contribution in [3.05, 3.63) is 58.7 Å². The fraction of sp³-hybridized carbons (Fsp3) is 0.263. The molecule has 0 saturated carbocycles. The van der Waals surface area contributed by atoms with Crippen molar-refractivity contribution in [3.63, 3.8) is 0 Å². The second-order valence-electron chi connectivity index (χ2n) is 5.49. The van der Waals surface area contributed by atoms with Gasteiger partial charge in [-0.15, -0.1) is 0 Å². The minimum atomic E-state index is -1.06. The van der Waals surface area contributed by atoms with Gasteiger partial charge in [-0.05, 0) is 55.3 Å². The number of carbonyl (C=O) groups is 2. The molecular weight excluding hydrogens is 322 g/mol. The molecule has 2 aromatic rings. The van der Waals surface area contributed by atoms with Crippen LogP contribution in [-0.4, -0.2) is 30.7 Å². The van der Waals surface area contributed by atoms with E-state index in [-0.39, 0.29) is 11.5 Å². The zero-order valence-corrected chi connectivity index (χ0v) is 14.5. The van der Waals surface area contributed by atoms with Crippen LogP contribution in [-0.2, 0) is 6.54 Å². The van der Waals surface area contributed by atoms with Crippen molar-refractivity contribution in [1.82, 2.24) is 5.32 Å². The van der Waals surface area contributed by atoms with Gasteiger partial charge in [0.15, 0.2) is 11.5 Å². The Balaban J connectivity index is 2.12. The number of aryl methyl sites for hydroxylation is 1. The highest BCUT2D eigenvalue weighted by Crippen LogP contribution is 2.28. The summed E-state index contributed by atoms with van der Waals surface area (Å²) < 4.78 is 10.7. The summed E-state index contributed by atoms with van der Waals surface area (Å²) in [5.74, 6) is -0.156. The van der Waals surface area contributed by atoms with Crippen LogP contribution >= 0.6 is 0 Å². The van der Waals surface area contributed by atoms with E-state index in [1.807, 2.05) is 19.1 Å². The Morgan fingerprint density at radius 1 is 1.08 bits per heavy atom. The molecule has 0 aromatic heterocycles. The quantitative estimate of drug-likeness (QED) is 0.807. The number of methoxy groups -OCH3 is 1. The molecule has 0 heterocycles. The van der Waals surface area contributed by atoms with Gasteiger partial charge in [-0.25, -0.2) is 4.79 Å². The summed E-state index contributed by atoms with van der Waals surface area (Å²) in [6, 6.07) is 9.96. The molecule has 6 nitrogen and oxygen atoms in total. The number of nitrogens with one attached hydrogen (secondary N) is 1. The van der Waals surface area contributed by atoms with Crippen molar-refractivity contribution in [2.24, 2.45) is 0 Å². The third kappa shape index (κ3) is 4.73. The normalized spacial score (nSPS) is 10.2. The first-order chi connectivity index (χ1) is 11.9. The topological polar surface area (TPSA) is 84.9 Å². The number of carboxylic acid groups (broad SMARTS) is 1. The Kier molecular flexibility index (Phi) is 6.00. The monoisotopic (exact) mass is 343 g/mol. The predicted octanol–water partition coefficient (Wildman–Crippen LogP) is 3.03. The lowest BCUT2D eigenvalue weighted by molar-refractivity contribution is 0.0696. The van der Waals surface area contributed by atoms with E-state index >= 15 is 0 Å². The lowest BCUT2D eigenvalue weighted by atomic mass is 10.1. The second kappa shape index (κ2) is 8.19. The summed E-state index contributed by atoms with van der Waals surface area (Å²) in [6.07, 6.45) is 0. The molecule has 0 aliphatic carbocycles. The largest absolute Gasteiger partial charge is 0.493 e. The van der Waals surface area contributed by atoms with E-state index in [0.717, 1.165) is 5.56 Å². The van der Waals surface area contributed by atoms with Gasteiger partial charge in [-0.1, -0.05) is 6.07 Å². The third-order valence-corrected chi connectivity index (χ3v) is 3.57. The van der Waals surface area contributed by atoms with E-state index in [2.05, 4.69) is 5.32 Å². The van der Waals surface area contributed by atoms with E-state index < -0.39 is 5.97 Å². The summed E-state index contributed by atoms with van der Waals surface area (Å²) in [4.78, 5) is 23.4. The first-order valence-electron chi connectivity index (χ1n) is 7.87. The van der Waals surface area contributed by atoms with E-state index in [0.29, 0.717) is 35.8 Å². The van der Waals surface area contributed by atoms with Crippen molar-refractivity contribution >= 4 is 11.9 Å². The van der Waals surface area contributed by atoms with Gasteiger partial charge in [-0.3, -0.25) is 4.79 Å². The molecule has 0 aliphatic rings. The number of ether oxygens (including phenoxy) is 2. The Morgan fingerprint density at radius 3 is 2.44 bits per heavy atom. The van der Waals surface area contributed by atoms with E-state index in [1.165, 1.54) is 12.1 Å². The van der Waals surface area contributed by atoms with Crippen LogP contribution in [0.25, 0.3) is 0 Å². The molecule has 1 amide bonds.